The van der Waals surface area contributed by atoms with Gasteiger partial charge in [0.05, 0.1) is 23.6 Å². The molecule has 0 radical (unpaired) electrons. The van der Waals surface area contributed by atoms with Crippen molar-refractivity contribution in [2.24, 2.45) is 0 Å². The van der Waals surface area contributed by atoms with Crippen LogP contribution in [0.1, 0.15) is 17.5 Å². The number of thiophene rings is 1. The van der Waals surface area contributed by atoms with Crippen molar-refractivity contribution in [2.45, 2.75) is 19.3 Å². The van der Waals surface area contributed by atoms with E-state index in [4.69, 9.17) is 4.74 Å². The predicted octanol–water partition coefficient (Wildman–Crippen LogP) is 4.57. The van der Waals surface area contributed by atoms with Gasteiger partial charge in [-0.25, -0.2) is 9.97 Å². The highest BCUT2D eigenvalue weighted by Gasteiger charge is 2.21. The van der Waals surface area contributed by atoms with E-state index >= 15 is 0 Å². The van der Waals surface area contributed by atoms with Gasteiger partial charge in [-0.1, -0.05) is 30.3 Å². The van der Waals surface area contributed by atoms with Crippen LogP contribution in [0.4, 0.5) is 5.82 Å². The molecule has 0 N–H and O–H groups in total. The Morgan fingerprint density at radius 1 is 1.00 bits per heavy atom. The smallest absolute Gasteiger partial charge is 0.227 e. The quantitative estimate of drug-likeness (QED) is 0.437. The van der Waals surface area contributed by atoms with Crippen molar-refractivity contribution in [1.82, 2.24) is 14.9 Å². The topological polar surface area (TPSA) is 58.6 Å². The molecule has 7 heteroatoms. The molecule has 0 spiro atoms. The minimum absolute atomic E-state index is 0.189. The minimum Gasteiger partial charge on any atom is -0.493 e. The van der Waals surface area contributed by atoms with E-state index in [1.807, 2.05) is 17.0 Å². The van der Waals surface area contributed by atoms with Crippen LogP contribution in [0.15, 0.2) is 60.9 Å². The van der Waals surface area contributed by atoms with Crippen LogP contribution in [-0.4, -0.2) is 53.6 Å². The average molecular weight is 471 g/mol. The van der Waals surface area contributed by atoms with Gasteiger partial charge in [-0.2, -0.15) is 0 Å². The molecule has 6 rings (SSSR count). The molecule has 6 nitrogen and oxygen atoms in total. The van der Waals surface area contributed by atoms with E-state index in [0.717, 1.165) is 66.8 Å². The third kappa shape index (κ3) is 4.23. The molecule has 0 bridgehead atoms. The number of aromatic nitrogens is 2. The second-order valence-electron chi connectivity index (χ2n) is 8.85. The highest BCUT2D eigenvalue weighted by atomic mass is 32.1. The molecule has 172 valence electrons. The first-order chi connectivity index (χ1) is 16.7. The summed E-state index contributed by atoms with van der Waals surface area (Å²) >= 11 is 1.75. The fourth-order valence-electron chi connectivity index (χ4n) is 4.80. The first-order valence-electron chi connectivity index (χ1n) is 11.8. The van der Waals surface area contributed by atoms with E-state index in [1.54, 1.807) is 17.7 Å². The van der Waals surface area contributed by atoms with Gasteiger partial charge < -0.3 is 14.5 Å². The van der Waals surface area contributed by atoms with Gasteiger partial charge in [0.25, 0.3) is 0 Å². The predicted molar refractivity (Wildman–Crippen MR) is 136 cm³/mol. The molecule has 4 heterocycles. The van der Waals surface area contributed by atoms with E-state index < -0.39 is 0 Å². The number of carbonyl (C=O) groups excluding carboxylic acids is 1. The molecule has 0 unspecified atom stereocenters. The Labute approximate surface area is 202 Å². The van der Waals surface area contributed by atoms with Gasteiger partial charge in [0.1, 0.15) is 17.9 Å². The summed E-state index contributed by atoms with van der Waals surface area (Å²) in [7, 11) is 0. The van der Waals surface area contributed by atoms with Gasteiger partial charge in [-0.3, -0.25) is 4.79 Å². The average Bonchev–Trinajstić information content (AvgIpc) is 3.44. The van der Waals surface area contributed by atoms with Crippen LogP contribution in [0.2, 0.25) is 0 Å². The van der Waals surface area contributed by atoms with E-state index in [0.29, 0.717) is 13.0 Å². The number of benzene rings is 2. The number of amides is 1. The standard InChI is InChI=1S/C27H26N4O2S/c32-27(15-19-6-7-23-20(14-19)8-13-33-23)31-10-3-9-30(11-12-31)26-17-22(28-18-29-26)25-16-21-4-1-2-5-24(21)34-25/h1-2,4-7,14,16-18H,3,8-13,15H2. The number of hydrogen-bond acceptors (Lipinski definition) is 6. The number of ether oxygens (including phenoxy) is 1. The molecule has 0 atom stereocenters. The third-order valence-electron chi connectivity index (χ3n) is 6.61. The Hall–Kier alpha value is -3.45. The summed E-state index contributed by atoms with van der Waals surface area (Å²) in [5, 5.41) is 1.24. The Kier molecular flexibility index (Phi) is 5.63. The Balaban J connectivity index is 1.13. The zero-order valence-electron chi connectivity index (χ0n) is 18.9. The molecule has 0 saturated carbocycles. The van der Waals surface area contributed by atoms with Crippen molar-refractivity contribution in [3.8, 4) is 16.3 Å². The van der Waals surface area contributed by atoms with Gasteiger partial charge in [0.15, 0.2) is 0 Å². The van der Waals surface area contributed by atoms with Crippen LogP contribution in [0.3, 0.4) is 0 Å². The summed E-state index contributed by atoms with van der Waals surface area (Å²) in [6, 6.07) is 18.8. The van der Waals surface area contributed by atoms with Gasteiger partial charge in [0, 0.05) is 43.4 Å². The molecule has 2 aromatic heterocycles. The van der Waals surface area contributed by atoms with E-state index in [9.17, 15) is 4.79 Å². The largest absolute Gasteiger partial charge is 0.493 e. The number of carbonyl (C=O) groups is 1. The highest BCUT2D eigenvalue weighted by molar-refractivity contribution is 7.22. The van der Waals surface area contributed by atoms with Crippen molar-refractivity contribution < 1.29 is 9.53 Å². The SMILES string of the molecule is O=C(Cc1ccc2c(c1)CCO2)N1CCCN(c2cc(-c3cc4ccccc4s3)ncn2)CC1. The van der Waals surface area contributed by atoms with Crippen molar-refractivity contribution in [3.63, 3.8) is 0 Å². The van der Waals surface area contributed by atoms with Gasteiger partial charge in [-0.05, 0) is 41.1 Å². The molecule has 2 aromatic carbocycles. The molecule has 0 aliphatic carbocycles. The third-order valence-corrected chi connectivity index (χ3v) is 7.75. The summed E-state index contributed by atoms with van der Waals surface area (Å²) in [6.45, 7) is 3.87. The molecule has 34 heavy (non-hydrogen) atoms. The Morgan fingerprint density at radius 3 is 2.88 bits per heavy atom. The van der Waals surface area contributed by atoms with Crippen molar-refractivity contribution in [1.29, 1.82) is 0 Å². The summed E-state index contributed by atoms with van der Waals surface area (Å²) in [5.41, 5.74) is 3.23. The summed E-state index contributed by atoms with van der Waals surface area (Å²) in [4.78, 5) is 27.6. The second kappa shape index (κ2) is 9.06. The maximum absolute atomic E-state index is 13.0. The Bertz CT molecular complexity index is 1320. The van der Waals surface area contributed by atoms with Crippen molar-refractivity contribution in [3.05, 3.63) is 72.1 Å². The molecular weight excluding hydrogens is 444 g/mol. The van der Waals surface area contributed by atoms with Crippen LogP contribution >= 0.6 is 11.3 Å². The highest BCUT2D eigenvalue weighted by Crippen LogP contribution is 2.33. The first kappa shape index (κ1) is 21.1. The fraction of sp³-hybridized carbons (Fsp3) is 0.296. The summed E-state index contributed by atoms with van der Waals surface area (Å²) < 4.78 is 6.85. The Morgan fingerprint density at radius 2 is 1.94 bits per heavy atom. The first-order valence-corrected chi connectivity index (χ1v) is 12.6. The monoisotopic (exact) mass is 470 g/mol. The fourth-order valence-corrected chi connectivity index (χ4v) is 5.83. The number of nitrogens with zero attached hydrogens (tertiary/aromatic N) is 4. The van der Waals surface area contributed by atoms with Crippen molar-refractivity contribution >= 4 is 33.1 Å². The molecule has 1 fully saturated rings. The molecule has 4 aromatic rings. The lowest BCUT2D eigenvalue weighted by Gasteiger charge is -2.23. The van der Waals surface area contributed by atoms with E-state index in [-0.39, 0.29) is 5.91 Å². The maximum atomic E-state index is 13.0. The number of fused-ring (bicyclic) bond motifs is 2. The number of rotatable bonds is 4. The van der Waals surface area contributed by atoms with Crippen molar-refractivity contribution in [2.75, 3.05) is 37.7 Å². The molecule has 1 amide bonds. The zero-order valence-corrected chi connectivity index (χ0v) is 19.8. The van der Waals surface area contributed by atoms with E-state index in [1.165, 1.54) is 15.6 Å². The minimum atomic E-state index is 0.189. The van der Waals surface area contributed by atoms with Crippen LogP contribution in [0.5, 0.6) is 5.75 Å². The lowest BCUT2D eigenvalue weighted by molar-refractivity contribution is -0.130. The normalized spacial score (nSPS) is 15.8. The summed E-state index contributed by atoms with van der Waals surface area (Å²) in [6.07, 6.45) is 3.95. The van der Waals surface area contributed by atoms with E-state index in [2.05, 4.69) is 57.3 Å². The van der Waals surface area contributed by atoms with Gasteiger partial charge >= 0.3 is 0 Å². The lowest BCUT2D eigenvalue weighted by atomic mass is 10.1. The number of anilines is 1. The molecular formula is C27H26N4O2S. The van der Waals surface area contributed by atoms with Gasteiger partial charge in [-0.15, -0.1) is 11.3 Å². The maximum Gasteiger partial charge on any atom is 0.227 e. The molecule has 2 aliphatic heterocycles. The van der Waals surface area contributed by atoms with Crippen LogP contribution in [-0.2, 0) is 17.6 Å². The van der Waals surface area contributed by atoms with Crippen LogP contribution < -0.4 is 9.64 Å². The zero-order chi connectivity index (χ0) is 22.9. The molecule has 2 aliphatic rings. The number of hydrogen-bond donors (Lipinski definition) is 0. The molecule has 1 saturated heterocycles. The van der Waals surface area contributed by atoms with Gasteiger partial charge in [0.2, 0.25) is 5.91 Å². The second-order valence-corrected chi connectivity index (χ2v) is 9.93. The van der Waals surface area contributed by atoms with Crippen LogP contribution in [0.25, 0.3) is 20.7 Å². The van der Waals surface area contributed by atoms with Crippen LogP contribution in [0, 0.1) is 0 Å². The summed E-state index contributed by atoms with van der Waals surface area (Å²) in [5.74, 6) is 2.08. The lowest BCUT2D eigenvalue weighted by Crippen LogP contribution is -2.36.